The third-order valence-corrected chi connectivity index (χ3v) is 6.81. The molecule has 2 aliphatic rings. The summed E-state index contributed by atoms with van der Waals surface area (Å²) in [5.74, 6) is 1.04. The molecule has 2 aromatic carbocycles. The lowest BCUT2D eigenvalue weighted by Crippen LogP contribution is -2.36. The van der Waals surface area contributed by atoms with Gasteiger partial charge in [0.25, 0.3) is 5.91 Å². The lowest BCUT2D eigenvalue weighted by Gasteiger charge is -2.28. The minimum Gasteiger partial charge on any atom is -0.493 e. The monoisotopic (exact) mass is 477 g/mol. The molecule has 0 bridgehead atoms. The van der Waals surface area contributed by atoms with E-state index >= 15 is 0 Å². The first kappa shape index (κ1) is 23.4. The van der Waals surface area contributed by atoms with Crippen LogP contribution < -0.4 is 14.9 Å². The van der Waals surface area contributed by atoms with Crippen LogP contribution in [0.3, 0.4) is 0 Å². The number of nitrogens with zero attached hydrogens (tertiary/aromatic N) is 1. The zero-order valence-corrected chi connectivity index (χ0v) is 20.2. The Morgan fingerprint density at radius 3 is 2.71 bits per heavy atom. The number of carbonyl (C=O) groups is 1. The second-order valence-corrected chi connectivity index (χ2v) is 9.13. The average Bonchev–Trinajstić information content (AvgIpc) is 3.49. The van der Waals surface area contributed by atoms with Crippen molar-refractivity contribution in [2.24, 2.45) is 0 Å². The molecule has 184 valence electrons. The van der Waals surface area contributed by atoms with Crippen LogP contribution in [0, 0.1) is 0 Å². The molecular formula is C28H31NO6. The molecule has 2 unspecified atom stereocenters. The van der Waals surface area contributed by atoms with Gasteiger partial charge in [-0.05, 0) is 49.1 Å². The molecule has 1 amide bonds. The highest BCUT2D eigenvalue weighted by Crippen LogP contribution is 2.41. The molecule has 5 rings (SSSR count). The second kappa shape index (κ2) is 10.1. The van der Waals surface area contributed by atoms with Crippen molar-refractivity contribution in [3.63, 3.8) is 0 Å². The molecule has 1 aromatic heterocycles. The minimum absolute atomic E-state index is 0.0663. The number of rotatable bonds is 9. The largest absolute Gasteiger partial charge is 0.493 e. The van der Waals surface area contributed by atoms with Gasteiger partial charge in [-0.3, -0.25) is 9.59 Å². The molecule has 2 atom stereocenters. The maximum Gasteiger partial charge on any atom is 0.291 e. The number of hydrogen-bond donors (Lipinski definition) is 0. The van der Waals surface area contributed by atoms with Crippen molar-refractivity contribution in [1.29, 1.82) is 0 Å². The Hall–Kier alpha value is -3.32. The van der Waals surface area contributed by atoms with Gasteiger partial charge in [0, 0.05) is 13.2 Å². The van der Waals surface area contributed by atoms with Crippen LogP contribution >= 0.6 is 0 Å². The van der Waals surface area contributed by atoms with Crippen LogP contribution in [-0.2, 0) is 4.74 Å². The molecule has 0 spiro atoms. The maximum absolute atomic E-state index is 13.6. The van der Waals surface area contributed by atoms with Crippen LogP contribution in [0.25, 0.3) is 11.0 Å². The summed E-state index contributed by atoms with van der Waals surface area (Å²) in [7, 11) is 1.60. The summed E-state index contributed by atoms with van der Waals surface area (Å²) in [5, 5.41) is 0.464. The van der Waals surface area contributed by atoms with Gasteiger partial charge < -0.3 is 23.5 Å². The van der Waals surface area contributed by atoms with Gasteiger partial charge in [0.05, 0.1) is 36.8 Å². The van der Waals surface area contributed by atoms with E-state index in [-0.39, 0.29) is 23.2 Å². The van der Waals surface area contributed by atoms with Gasteiger partial charge in [-0.15, -0.1) is 0 Å². The fraction of sp³-hybridized carbons (Fsp3) is 0.429. The lowest BCUT2D eigenvalue weighted by molar-refractivity contribution is 0.0486. The highest BCUT2D eigenvalue weighted by molar-refractivity contribution is 5.99. The number of amides is 1. The van der Waals surface area contributed by atoms with E-state index in [2.05, 4.69) is 6.92 Å². The number of unbranched alkanes of at least 4 members (excludes halogenated alkanes) is 2. The van der Waals surface area contributed by atoms with Crippen LogP contribution in [0.1, 0.15) is 66.8 Å². The zero-order chi connectivity index (χ0) is 24.4. The van der Waals surface area contributed by atoms with Gasteiger partial charge in [0.2, 0.25) is 5.76 Å². The Morgan fingerprint density at radius 1 is 1.09 bits per heavy atom. The second-order valence-electron chi connectivity index (χ2n) is 9.13. The van der Waals surface area contributed by atoms with E-state index in [1.54, 1.807) is 36.3 Å². The maximum atomic E-state index is 13.6. The van der Waals surface area contributed by atoms with Crippen LogP contribution in [-0.4, -0.2) is 43.8 Å². The Morgan fingerprint density at radius 2 is 1.94 bits per heavy atom. The first-order valence-corrected chi connectivity index (χ1v) is 12.4. The smallest absolute Gasteiger partial charge is 0.291 e. The Balaban J connectivity index is 1.57. The SMILES string of the molecule is CCCCCOc1ccc(C2c3c(oc4ccccc4c3=O)C(=O)N2CC2CCCO2)cc1OC. The normalized spacial score (nSPS) is 19.4. The van der Waals surface area contributed by atoms with Crippen molar-refractivity contribution in [3.8, 4) is 11.5 Å². The Kier molecular flexibility index (Phi) is 6.77. The number of para-hydroxylation sites is 1. The molecule has 3 heterocycles. The molecule has 0 radical (unpaired) electrons. The first-order chi connectivity index (χ1) is 17.1. The van der Waals surface area contributed by atoms with Gasteiger partial charge in [0.15, 0.2) is 16.9 Å². The third kappa shape index (κ3) is 4.41. The summed E-state index contributed by atoms with van der Waals surface area (Å²) < 4.78 is 23.4. The van der Waals surface area contributed by atoms with E-state index in [9.17, 15) is 9.59 Å². The predicted octanol–water partition coefficient (Wildman–Crippen LogP) is 5.09. The van der Waals surface area contributed by atoms with E-state index in [0.717, 1.165) is 37.7 Å². The van der Waals surface area contributed by atoms with Gasteiger partial charge in [-0.1, -0.05) is 38.0 Å². The van der Waals surface area contributed by atoms with Crippen LogP contribution in [0.4, 0.5) is 0 Å². The number of benzene rings is 2. The van der Waals surface area contributed by atoms with Gasteiger partial charge in [-0.2, -0.15) is 0 Å². The van der Waals surface area contributed by atoms with E-state index in [4.69, 9.17) is 18.6 Å². The zero-order valence-electron chi connectivity index (χ0n) is 20.2. The molecule has 7 nitrogen and oxygen atoms in total. The summed E-state index contributed by atoms with van der Waals surface area (Å²) in [6.45, 7) is 3.83. The number of methoxy groups -OCH3 is 1. The lowest BCUT2D eigenvalue weighted by atomic mass is 9.97. The Labute approximate surface area is 204 Å². The first-order valence-electron chi connectivity index (χ1n) is 12.4. The summed E-state index contributed by atoms with van der Waals surface area (Å²) in [5.41, 5.74) is 1.37. The van der Waals surface area contributed by atoms with Gasteiger partial charge in [-0.25, -0.2) is 0 Å². The van der Waals surface area contributed by atoms with Crippen LogP contribution in [0.15, 0.2) is 51.7 Å². The predicted molar refractivity (Wildman–Crippen MR) is 132 cm³/mol. The van der Waals surface area contributed by atoms with E-state index < -0.39 is 6.04 Å². The molecule has 1 saturated heterocycles. The van der Waals surface area contributed by atoms with Crippen molar-refractivity contribution < 1.29 is 23.4 Å². The van der Waals surface area contributed by atoms with Gasteiger partial charge >= 0.3 is 0 Å². The molecule has 35 heavy (non-hydrogen) atoms. The quantitative estimate of drug-likeness (QED) is 0.399. The van der Waals surface area contributed by atoms with Crippen molar-refractivity contribution in [1.82, 2.24) is 4.90 Å². The van der Waals surface area contributed by atoms with Gasteiger partial charge in [0.1, 0.15) is 5.58 Å². The van der Waals surface area contributed by atoms with Crippen LogP contribution in [0.2, 0.25) is 0 Å². The van der Waals surface area contributed by atoms with E-state index in [0.29, 0.717) is 47.8 Å². The van der Waals surface area contributed by atoms with E-state index in [1.165, 1.54) is 0 Å². The molecule has 0 saturated carbocycles. The Bertz CT molecular complexity index is 1280. The fourth-order valence-corrected chi connectivity index (χ4v) is 5.02. The summed E-state index contributed by atoms with van der Waals surface area (Å²) in [6.07, 6.45) is 4.96. The number of hydrogen-bond acceptors (Lipinski definition) is 6. The highest BCUT2D eigenvalue weighted by atomic mass is 16.5. The van der Waals surface area contributed by atoms with Crippen molar-refractivity contribution >= 4 is 16.9 Å². The average molecular weight is 478 g/mol. The topological polar surface area (TPSA) is 78.2 Å². The molecule has 0 N–H and O–H groups in total. The highest BCUT2D eigenvalue weighted by Gasteiger charge is 2.44. The summed E-state index contributed by atoms with van der Waals surface area (Å²) in [6, 6.07) is 12.1. The summed E-state index contributed by atoms with van der Waals surface area (Å²) >= 11 is 0. The molecule has 7 heteroatoms. The minimum atomic E-state index is -0.592. The van der Waals surface area contributed by atoms with E-state index in [1.807, 2.05) is 18.2 Å². The van der Waals surface area contributed by atoms with Crippen LogP contribution in [0.5, 0.6) is 11.5 Å². The molecular weight excluding hydrogens is 446 g/mol. The molecule has 3 aromatic rings. The summed E-state index contributed by atoms with van der Waals surface area (Å²) in [4.78, 5) is 28.9. The third-order valence-electron chi connectivity index (χ3n) is 6.81. The van der Waals surface area contributed by atoms with Crippen molar-refractivity contribution in [3.05, 3.63) is 69.6 Å². The number of fused-ring (bicyclic) bond motifs is 2. The molecule has 2 aliphatic heterocycles. The van der Waals surface area contributed by atoms with Crippen molar-refractivity contribution in [2.45, 2.75) is 51.2 Å². The molecule has 0 aliphatic carbocycles. The standard InChI is InChI=1S/C28H31NO6/c1-3-4-7-14-34-22-13-12-18(16-23(22)32-2)25-24-26(30)20-10-5-6-11-21(20)35-27(24)28(31)29(25)17-19-9-8-15-33-19/h5-6,10-13,16,19,25H,3-4,7-9,14-15,17H2,1-2H3. The number of carbonyl (C=O) groups excluding carboxylic acids is 1. The number of ether oxygens (including phenoxy) is 3. The molecule has 1 fully saturated rings. The fourth-order valence-electron chi connectivity index (χ4n) is 5.02. The van der Waals surface area contributed by atoms with Crippen molar-refractivity contribution in [2.75, 3.05) is 26.9 Å².